The first-order valence-corrected chi connectivity index (χ1v) is 10.8. The number of pyridine rings is 1. The molecular weight excluding hydrogens is 418 g/mol. The minimum Gasteiger partial charge on any atom is -0.507 e. The molecule has 2 aromatic carbocycles. The maximum absolute atomic E-state index is 13.2. The van der Waals surface area contributed by atoms with Crippen molar-refractivity contribution in [3.63, 3.8) is 0 Å². The van der Waals surface area contributed by atoms with Gasteiger partial charge < -0.3 is 19.6 Å². The number of ketones is 1. The molecule has 7 nitrogen and oxygen atoms in total. The molecule has 1 atom stereocenters. The molecule has 1 fully saturated rings. The van der Waals surface area contributed by atoms with E-state index in [4.69, 9.17) is 4.74 Å². The fourth-order valence-corrected chi connectivity index (χ4v) is 4.34. The Morgan fingerprint density at radius 1 is 1.09 bits per heavy atom. The van der Waals surface area contributed by atoms with Crippen molar-refractivity contribution in [2.24, 2.45) is 0 Å². The number of ether oxygens (including phenoxy) is 1. The summed E-state index contributed by atoms with van der Waals surface area (Å²) in [6, 6.07) is 19.3. The molecule has 3 heterocycles. The molecule has 1 aromatic heterocycles. The normalized spacial score (nSPS) is 19.4. The smallest absolute Gasteiger partial charge is 0.296 e. The number of anilines is 1. The summed E-state index contributed by atoms with van der Waals surface area (Å²) in [5.74, 6) is -0.850. The summed E-state index contributed by atoms with van der Waals surface area (Å²) in [6.07, 6.45) is 1.65. The van der Waals surface area contributed by atoms with Gasteiger partial charge in [-0.2, -0.15) is 0 Å². The van der Waals surface area contributed by atoms with Gasteiger partial charge in [0.25, 0.3) is 11.7 Å². The van der Waals surface area contributed by atoms with Gasteiger partial charge >= 0.3 is 0 Å². The third-order valence-electron chi connectivity index (χ3n) is 6.04. The van der Waals surface area contributed by atoms with Crippen LogP contribution in [0.5, 0.6) is 5.75 Å². The second kappa shape index (κ2) is 8.43. The summed E-state index contributed by atoms with van der Waals surface area (Å²) in [7, 11) is 1.95. The average Bonchev–Trinajstić information content (AvgIpc) is 3.10. The minimum absolute atomic E-state index is 0.0708. The highest BCUT2D eigenvalue weighted by Gasteiger charge is 2.46. The number of aliphatic hydroxyl groups is 1. The number of rotatable bonds is 4. The molecule has 3 aromatic rings. The van der Waals surface area contributed by atoms with Crippen molar-refractivity contribution in [2.45, 2.75) is 12.6 Å². The molecule has 1 amide bonds. The highest BCUT2D eigenvalue weighted by Crippen LogP contribution is 2.41. The van der Waals surface area contributed by atoms with E-state index in [1.165, 1.54) is 4.90 Å². The van der Waals surface area contributed by atoms with E-state index in [-0.39, 0.29) is 17.9 Å². The van der Waals surface area contributed by atoms with Crippen LogP contribution < -0.4 is 9.64 Å². The molecule has 1 saturated heterocycles. The van der Waals surface area contributed by atoms with Crippen LogP contribution in [0.2, 0.25) is 0 Å². The number of aromatic nitrogens is 1. The van der Waals surface area contributed by atoms with E-state index in [2.05, 4.69) is 4.98 Å². The Balaban J connectivity index is 1.63. The Labute approximate surface area is 191 Å². The molecule has 166 valence electrons. The fraction of sp³-hybridized carbons (Fsp3) is 0.192. The minimum atomic E-state index is -0.724. The zero-order chi connectivity index (χ0) is 22.9. The largest absolute Gasteiger partial charge is 0.507 e. The molecule has 0 spiro atoms. The number of amides is 1. The third kappa shape index (κ3) is 3.71. The number of hydrogen-bond acceptors (Lipinski definition) is 6. The molecule has 0 bridgehead atoms. The van der Waals surface area contributed by atoms with Gasteiger partial charge in [-0.05, 0) is 35.9 Å². The van der Waals surface area contributed by atoms with Crippen molar-refractivity contribution < 1.29 is 19.4 Å². The summed E-state index contributed by atoms with van der Waals surface area (Å²) >= 11 is 0. The van der Waals surface area contributed by atoms with Gasteiger partial charge in [0.2, 0.25) is 0 Å². The quantitative estimate of drug-likeness (QED) is 0.379. The Hall–Kier alpha value is -4.13. The molecule has 1 N–H and O–H groups in total. The lowest BCUT2D eigenvalue weighted by molar-refractivity contribution is -0.140. The molecule has 1 unspecified atom stereocenters. The Kier molecular flexibility index (Phi) is 5.30. The highest BCUT2D eigenvalue weighted by molar-refractivity contribution is 6.46. The molecule has 33 heavy (non-hydrogen) atoms. The van der Waals surface area contributed by atoms with Gasteiger partial charge in [0.05, 0.1) is 36.1 Å². The van der Waals surface area contributed by atoms with Gasteiger partial charge in [-0.15, -0.1) is 0 Å². The summed E-state index contributed by atoms with van der Waals surface area (Å²) in [6.45, 7) is 1.46. The number of nitrogens with zero attached hydrogens (tertiary/aromatic N) is 3. The molecule has 2 aliphatic heterocycles. The number of Topliss-reactive ketones (excluding diaryl/α,β-unsaturated/α-hetero) is 1. The van der Waals surface area contributed by atoms with Crippen LogP contribution in [0.3, 0.4) is 0 Å². The Bertz CT molecular complexity index is 1240. The molecule has 2 aliphatic rings. The first-order chi connectivity index (χ1) is 16.0. The molecule has 0 radical (unpaired) electrons. The lowest BCUT2D eigenvalue weighted by Gasteiger charge is -2.28. The van der Waals surface area contributed by atoms with E-state index in [1.54, 1.807) is 36.5 Å². The number of hydrogen-bond donors (Lipinski definition) is 1. The van der Waals surface area contributed by atoms with Crippen molar-refractivity contribution in [3.8, 4) is 5.75 Å². The van der Waals surface area contributed by atoms with Crippen LogP contribution >= 0.6 is 0 Å². The van der Waals surface area contributed by atoms with Gasteiger partial charge in [-0.1, -0.05) is 36.4 Å². The molecule has 0 aliphatic carbocycles. The van der Waals surface area contributed by atoms with Crippen LogP contribution in [0, 0.1) is 0 Å². The van der Waals surface area contributed by atoms with E-state index < -0.39 is 17.7 Å². The zero-order valence-electron chi connectivity index (χ0n) is 18.1. The number of aliphatic hydroxyl groups excluding tert-OH is 1. The van der Waals surface area contributed by atoms with Gasteiger partial charge in [0.15, 0.2) is 0 Å². The number of fused-ring (bicyclic) bond motifs is 1. The fourth-order valence-electron chi connectivity index (χ4n) is 4.34. The monoisotopic (exact) mass is 441 g/mol. The van der Waals surface area contributed by atoms with Crippen molar-refractivity contribution in [3.05, 3.63) is 95.3 Å². The Morgan fingerprint density at radius 2 is 1.88 bits per heavy atom. The van der Waals surface area contributed by atoms with Crippen LogP contribution in [0.1, 0.15) is 22.9 Å². The topological polar surface area (TPSA) is 83.0 Å². The molecule has 7 heteroatoms. The zero-order valence-corrected chi connectivity index (χ0v) is 18.1. The van der Waals surface area contributed by atoms with Crippen molar-refractivity contribution in [1.29, 1.82) is 0 Å². The standard InChI is InChI=1S/C26H23N3O4/c1-28-13-14-33-21-11-10-18(15-20(21)28)24(30)22-23(17-7-3-2-4-8-17)29(26(32)25(22)31)16-19-9-5-6-12-27-19/h2-12,15,23,30H,13-14,16H2,1H3/b24-22-. The van der Waals surface area contributed by atoms with Gasteiger partial charge in [-0.3, -0.25) is 14.6 Å². The van der Waals surface area contributed by atoms with E-state index in [0.717, 1.165) is 23.5 Å². The molecular formula is C26H23N3O4. The summed E-state index contributed by atoms with van der Waals surface area (Å²) in [5, 5.41) is 11.3. The van der Waals surface area contributed by atoms with E-state index in [1.807, 2.05) is 48.3 Å². The molecule has 5 rings (SSSR count). The SMILES string of the molecule is CN1CCOc2ccc(/C(O)=C3/C(=O)C(=O)N(Cc4ccccn4)C3c3ccccc3)cc21. The third-order valence-corrected chi connectivity index (χ3v) is 6.04. The maximum Gasteiger partial charge on any atom is 0.296 e. The maximum atomic E-state index is 13.2. The van der Waals surface area contributed by atoms with E-state index in [0.29, 0.717) is 17.9 Å². The number of carbonyl (C=O) groups excluding carboxylic acids is 2. The number of benzene rings is 2. The van der Waals surface area contributed by atoms with Gasteiger partial charge in [-0.25, -0.2) is 0 Å². The predicted molar refractivity (Wildman–Crippen MR) is 124 cm³/mol. The van der Waals surface area contributed by atoms with E-state index in [9.17, 15) is 14.7 Å². The first kappa shape index (κ1) is 20.8. The summed E-state index contributed by atoms with van der Waals surface area (Å²) < 4.78 is 5.69. The summed E-state index contributed by atoms with van der Waals surface area (Å²) in [5.41, 5.74) is 2.76. The van der Waals surface area contributed by atoms with Crippen LogP contribution in [-0.2, 0) is 16.1 Å². The Morgan fingerprint density at radius 3 is 2.64 bits per heavy atom. The first-order valence-electron chi connectivity index (χ1n) is 10.8. The number of likely N-dealkylation sites (tertiary alicyclic amines) is 1. The van der Waals surface area contributed by atoms with Crippen LogP contribution in [0.25, 0.3) is 5.76 Å². The average molecular weight is 441 g/mol. The lowest BCUT2D eigenvalue weighted by Crippen LogP contribution is -2.29. The molecule has 0 saturated carbocycles. The predicted octanol–water partition coefficient (Wildman–Crippen LogP) is 3.53. The lowest BCUT2D eigenvalue weighted by atomic mass is 9.95. The second-order valence-electron chi connectivity index (χ2n) is 8.11. The highest BCUT2D eigenvalue weighted by atomic mass is 16.5. The van der Waals surface area contributed by atoms with Crippen molar-refractivity contribution in [2.75, 3.05) is 25.1 Å². The number of likely N-dealkylation sites (N-methyl/N-ethyl adjacent to an activating group) is 1. The summed E-state index contributed by atoms with van der Waals surface area (Å²) in [4.78, 5) is 34.1. The van der Waals surface area contributed by atoms with Gasteiger partial charge in [0, 0.05) is 18.8 Å². The van der Waals surface area contributed by atoms with Crippen LogP contribution in [0.4, 0.5) is 5.69 Å². The van der Waals surface area contributed by atoms with Gasteiger partial charge in [0.1, 0.15) is 18.1 Å². The number of carbonyl (C=O) groups is 2. The van der Waals surface area contributed by atoms with Crippen LogP contribution in [0.15, 0.2) is 78.5 Å². The van der Waals surface area contributed by atoms with Crippen molar-refractivity contribution >= 4 is 23.1 Å². The van der Waals surface area contributed by atoms with Crippen LogP contribution in [-0.4, -0.2) is 46.9 Å². The van der Waals surface area contributed by atoms with E-state index >= 15 is 0 Å². The van der Waals surface area contributed by atoms with Crippen molar-refractivity contribution in [1.82, 2.24) is 9.88 Å². The second-order valence-corrected chi connectivity index (χ2v) is 8.11.